The minimum absolute atomic E-state index is 0.714. The molecule has 0 aromatic carbocycles. The number of methoxy groups -OCH3 is 1. The average molecular weight is 249 g/mol. The van der Waals surface area contributed by atoms with Crippen molar-refractivity contribution in [1.82, 2.24) is 24.6 Å². The van der Waals surface area contributed by atoms with Crippen molar-refractivity contribution in [3.63, 3.8) is 0 Å². The lowest BCUT2D eigenvalue weighted by Gasteiger charge is -2.05. The SMILES string of the molecule is CCn1cncc1CNCc1cc(OC)n(C)n1. The molecule has 2 aromatic heterocycles. The van der Waals surface area contributed by atoms with Crippen molar-refractivity contribution >= 4 is 0 Å². The summed E-state index contributed by atoms with van der Waals surface area (Å²) in [7, 11) is 3.52. The summed E-state index contributed by atoms with van der Waals surface area (Å²) in [4.78, 5) is 4.13. The second-order valence-corrected chi connectivity index (χ2v) is 4.08. The molecular formula is C12H19N5O. The zero-order chi connectivity index (χ0) is 13.0. The van der Waals surface area contributed by atoms with Crippen LogP contribution in [0.25, 0.3) is 0 Å². The van der Waals surface area contributed by atoms with Gasteiger partial charge < -0.3 is 14.6 Å². The first kappa shape index (κ1) is 12.6. The van der Waals surface area contributed by atoms with Gasteiger partial charge in [0.1, 0.15) is 0 Å². The number of nitrogens with zero attached hydrogens (tertiary/aromatic N) is 4. The van der Waals surface area contributed by atoms with E-state index in [0.29, 0.717) is 6.54 Å². The van der Waals surface area contributed by atoms with Gasteiger partial charge in [0, 0.05) is 38.9 Å². The minimum atomic E-state index is 0.714. The Morgan fingerprint density at radius 1 is 1.39 bits per heavy atom. The van der Waals surface area contributed by atoms with Crippen molar-refractivity contribution in [2.45, 2.75) is 26.6 Å². The van der Waals surface area contributed by atoms with Crippen LogP contribution in [0.3, 0.4) is 0 Å². The highest BCUT2D eigenvalue weighted by atomic mass is 16.5. The number of imidazole rings is 1. The average Bonchev–Trinajstić information content (AvgIpc) is 2.95. The third-order valence-electron chi connectivity index (χ3n) is 2.85. The Morgan fingerprint density at radius 3 is 2.89 bits per heavy atom. The van der Waals surface area contributed by atoms with Crippen molar-refractivity contribution in [1.29, 1.82) is 0 Å². The molecule has 0 aliphatic rings. The van der Waals surface area contributed by atoms with Crippen molar-refractivity contribution in [3.05, 3.63) is 30.0 Å². The van der Waals surface area contributed by atoms with Crippen LogP contribution in [0.4, 0.5) is 0 Å². The predicted molar refractivity (Wildman–Crippen MR) is 68.2 cm³/mol. The van der Waals surface area contributed by atoms with Gasteiger partial charge in [-0.1, -0.05) is 0 Å². The summed E-state index contributed by atoms with van der Waals surface area (Å²) in [5.74, 6) is 0.769. The number of nitrogens with one attached hydrogen (secondary N) is 1. The van der Waals surface area contributed by atoms with Gasteiger partial charge in [-0.3, -0.25) is 0 Å². The maximum atomic E-state index is 5.17. The number of ether oxygens (including phenoxy) is 1. The Hall–Kier alpha value is -1.82. The highest BCUT2D eigenvalue weighted by molar-refractivity contribution is 5.15. The summed E-state index contributed by atoms with van der Waals surface area (Å²) in [6, 6.07) is 1.93. The largest absolute Gasteiger partial charge is 0.481 e. The predicted octanol–water partition coefficient (Wildman–Crippen LogP) is 0.935. The van der Waals surface area contributed by atoms with E-state index in [9.17, 15) is 0 Å². The van der Waals surface area contributed by atoms with Gasteiger partial charge in [0.15, 0.2) is 0 Å². The Morgan fingerprint density at radius 2 is 2.22 bits per heavy atom. The third-order valence-corrected chi connectivity index (χ3v) is 2.85. The number of hydrogen-bond acceptors (Lipinski definition) is 4. The van der Waals surface area contributed by atoms with Crippen LogP contribution >= 0.6 is 0 Å². The second kappa shape index (κ2) is 5.68. The standard InChI is InChI=1S/C12H19N5O/c1-4-17-9-14-8-11(17)7-13-6-10-5-12(18-3)16(2)15-10/h5,8-9,13H,4,6-7H2,1-3H3. The molecule has 0 aliphatic carbocycles. The summed E-state index contributed by atoms with van der Waals surface area (Å²) in [5.41, 5.74) is 2.15. The van der Waals surface area contributed by atoms with Gasteiger partial charge in [0.25, 0.3) is 0 Å². The first-order valence-electron chi connectivity index (χ1n) is 6.01. The molecule has 0 saturated carbocycles. The maximum Gasteiger partial charge on any atom is 0.211 e. The molecule has 1 N–H and O–H groups in total. The van der Waals surface area contributed by atoms with E-state index in [-0.39, 0.29) is 0 Å². The van der Waals surface area contributed by atoms with E-state index in [2.05, 4.69) is 26.9 Å². The lowest BCUT2D eigenvalue weighted by molar-refractivity contribution is 0.373. The molecule has 2 heterocycles. The molecule has 6 heteroatoms. The van der Waals surface area contributed by atoms with Crippen LogP contribution in [0.15, 0.2) is 18.6 Å². The fourth-order valence-corrected chi connectivity index (χ4v) is 1.88. The van der Waals surface area contributed by atoms with Gasteiger partial charge in [0.05, 0.1) is 24.8 Å². The highest BCUT2D eigenvalue weighted by Gasteiger charge is 2.05. The third kappa shape index (κ3) is 2.70. The van der Waals surface area contributed by atoms with Gasteiger partial charge in [-0.05, 0) is 6.92 Å². The summed E-state index contributed by atoms with van der Waals surface area (Å²) < 4.78 is 9.02. The number of aryl methyl sites for hydroxylation is 2. The maximum absolute atomic E-state index is 5.17. The van der Waals surface area contributed by atoms with Crippen LogP contribution in [0.1, 0.15) is 18.3 Å². The molecule has 0 radical (unpaired) electrons. The number of hydrogen-bond donors (Lipinski definition) is 1. The van der Waals surface area contributed by atoms with E-state index < -0.39 is 0 Å². The zero-order valence-electron chi connectivity index (χ0n) is 11.1. The summed E-state index contributed by atoms with van der Waals surface area (Å²) >= 11 is 0. The fourth-order valence-electron chi connectivity index (χ4n) is 1.88. The lowest BCUT2D eigenvalue weighted by Crippen LogP contribution is -2.15. The van der Waals surface area contributed by atoms with Crippen molar-refractivity contribution in [2.24, 2.45) is 7.05 Å². The van der Waals surface area contributed by atoms with Crippen LogP contribution < -0.4 is 10.1 Å². The van der Waals surface area contributed by atoms with E-state index in [1.54, 1.807) is 11.8 Å². The van der Waals surface area contributed by atoms with Gasteiger partial charge in [-0.15, -0.1) is 0 Å². The van der Waals surface area contributed by atoms with Crippen LogP contribution in [0.5, 0.6) is 5.88 Å². The highest BCUT2D eigenvalue weighted by Crippen LogP contribution is 2.10. The van der Waals surface area contributed by atoms with Gasteiger partial charge >= 0.3 is 0 Å². The summed E-state index contributed by atoms with van der Waals surface area (Å²) in [5, 5.41) is 7.70. The van der Waals surface area contributed by atoms with Gasteiger partial charge in [-0.2, -0.15) is 5.10 Å². The Balaban J connectivity index is 1.88. The zero-order valence-corrected chi connectivity index (χ0v) is 11.1. The molecule has 0 bridgehead atoms. The molecule has 6 nitrogen and oxygen atoms in total. The molecule has 2 aromatic rings. The molecule has 0 saturated heterocycles. The lowest BCUT2D eigenvalue weighted by atomic mass is 10.4. The van der Waals surface area contributed by atoms with E-state index in [4.69, 9.17) is 4.74 Å². The normalized spacial score (nSPS) is 10.8. The molecule has 18 heavy (non-hydrogen) atoms. The Kier molecular flexibility index (Phi) is 3.99. The molecule has 0 amide bonds. The van der Waals surface area contributed by atoms with Crippen LogP contribution in [0.2, 0.25) is 0 Å². The van der Waals surface area contributed by atoms with Crippen LogP contribution in [0, 0.1) is 0 Å². The first-order chi connectivity index (χ1) is 8.74. The molecule has 0 unspecified atom stereocenters. The van der Waals surface area contributed by atoms with Gasteiger partial charge in [-0.25, -0.2) is 9.67 Å². The quantitative estimate of drug-likeness (QED) is 0.827. The van der Waals surface area contributed by atoms with Crippen molar-refractivity contribution in [3.8, 4) is 5.88 Å². The van der Waals surface area contributed by atoms with E-state index in [1.807, 2.05) is 25.6 Å². The van der Waals surface area contributed by atoms with Crippen molar-refractivity contribution < 1.29 is 4.74 Å². The summed E-state index contributed by atoms with van der Waals surface area (Å²) in [6.07, 6.45) is 3.73. The molecule has 98 valence electrons. The Labute approximate surface area is 107 Å². The smallest absolute Gasteiger partial charge is 0.211 e. The number of aromatic nitrogens is 4. The number of rotatable bonds is 6. The Bertz CT molecular complexity index is 502. The van der Waals surface area contributed by atoms with E-state index >= 15 is 0 Å². The topological polar surface area (TPSA) is 56.9 Å². The van der Waals surface area contributed by atoms with Crippen LogP contribution in [-0.2, 0) is 26.7 Å². The van der Waals surface area contributed by atoms with Crippen molar-refractivity contribution in [2.75, 3.05) is 7.11 Å². The van der Waals surface area contributed by atoms with E-state index in [1.165, 1.54) is 5.69 Å². The second-order valence-electron chi connectivity index (χ2n) is 4.08. The molecular weight excluding hydrogens is 230 g/mol. The monoisotopic (exact) mass is 249 g/mol. The minimum Gasteiger partial charge on any atom is -0.481 e. The molecule has 0 spiro atoms. The first-order valence-corrected chi connectivity index (χ1v) is 6.01. The summed E-state index contributed by atoms with van der Waals surface area (Å²) in [6.45, 7) is 4.54. The molecule has 0 fully saturated rings. The molecule has 0 aliphatic heterocycles. The molecule has 0 atom stereocenters. The van der Waals surface area contributed by atoms with Gasteiger partial charge in [0.2, 0.25) is 5.88 Å². The molecule has 2 rings (SSSR count). The fraction of sp³-hybridized carbons (Fsp3) is 0.500. The van der Waals surface area contributed by atoms with E-state index in [0.717, 1.165) is 24.7 Å². The van der Waals surface area contributed by atoms with Crippen LogP contribution in [-0.4, -0.2) is 26.4 Å².